The van der Waals surface area contributed by atoms with E-state index in [1.165, 1.54) is 12.3 Å². The molecule has 0 bridgehead atoms. The van der Waals surface area contributed by atoms with Crippen molar-refractivity contribution in [1.29, 1.82) is 0 Å². The molecule has 0 saturated heterocycles. The highest BCUT2D eigenvalue weighted by molar-refractivity contribution is 5.95. The van der Waals surface area contributed by atoms with Crippen molar-refractivity contribution >= 4 is 28.1 Å². The van der Waals surface area contributed by atoms with Crippen molar-refractivity contribution in [2.24, 2.45) is 0 Å². The maximum Gasteiger partial charge on any atom is 0.354 e. The van der Waals surface area contributed by atoms with Crippen molar-refractivity contribution < 1.29 is 9.90 Å². The number of hydrogen-bond donors (Lipinski definition) is 2. The summed E-state index contributed by atoms with van der Waals surface area (Å²) in [4.78, 5) is 18.8. The normalized spacial score (nSPS) is 10.4. The van der Waals surface area contributed by atoms with Crippen molar-refractivity contribution in [3.8, 4) is 0 Å². The summed E-state index contributed by atoms with van der Waals surface area (Å²) < 4.78 is 0. The molecule has 1 aromatic carbocycles. The first-order valence-corrected chi connectivity index (χ1v) is 6.03. The Labute approximate surface area is 114 Å². The quantitative estimate of drug-likeness (QED) is 0.761. The minimum absolute atomic E-state index is 0.00774. The van der Waals surface area contributed by atoms with E-state index in [1.54, 1.807) is 18.5 Å². The molecule has 0 spiro atoms. The van der Waals surface area contributed by atoms with E-state index >= 15 is 0 Å². The summed E-state index contributed by atoms with van der Waals surface area (Å²) in [5.41, 5.74) is 1.56. The molecule has 0 aliphatic carbocycles. The van der Waals surface area contributed by atoms with Gasteiger partial charge < -0.3 is 10.4 Å². The van der Waals surface area contributed by atoms with Gasteiger partial charge in [-0.3, -0.25) is 4.98 Å². The van der Waals surface area contributed by atoms with Gasteiger partial charge in [0.2, 0.25) is 0 Å². The summed E-state index contributed by atoms with van der Waals surface area (Å²) in [6, 6.07) is 11.0. The Morgan fingerprint density at radius 1 is 1.15 bits per heavy atom. The van der Waals surface area contributed by atoms with Gasteiger partial charge in [-0.25, -0.2) is 9.78 Å². The number of anilines is 2. The smallest absolute Gasteiger partial charge is 0.354 e. The molecule has 0 aliphatic heterocycles. The van der Waals surface area contributed by atoms with Gasteiger partial charge in [-0.1, -0.05) is 12.1 Å². The number of hydrogen-bond acceptors (Lipinski definition) is 4. The van der Waals surface area contributed by atoms with E-state index in [0.717, 1.165) is 16.5 Å². The third-order valence-corrected chi connectivity index (χ3v) is 2.94. The van der Waals surface area contributed by atoms with Gasteiger partial charge in [-0.05, 0) is 29.7 Å². The molecule has 0 radical (unpaired) electrons. The van der Waals surface area contributed by atoms with Crippen molar-refractivity contribution in [3.63, 3.8) is 0 Å². The van der Waals surface area contributed by atoms with Crippen LogP contribution in [0.2, 0.25) is 0 Å². The molecule has 2 heterocycles. The van der Waals surface area contributed by atoms with Crippen LogP contribution in [0, 0.1) is 0 Å². The maximum atomic E-state index is 10.9. The zero-order valence-electron chi connectivity index (χ0n) is 10.4. The van der Waals surface area contributed by atoms with Crippen molar-refractivity contribution in [3.05, 3.63) is 60.7 Å². The lowest BCUT2D eigenvalue weighted by atomic mass is 10.1. The molecule has 0 saturated carbocycles. The van der Waals surface area contributed by atoms with E-state index in [0.29, 0.717) is 5.69 Å². The van der Waals surface area contributed by atoms with E-state index in [-0.39, 0.29) is 5.69 Å². The van der Waals surface area contributed by atoms with Crippen LogP contribution in [0.25, 0.3) is 10.8 Å². The van der Waals surface area contributed by atoms with Gasteiger partial charge >= 0.3 is 5.97 Å². The summed E-state index contributed by atoms with van der Waals surface area (Å²) in [6.07, 6.45) is 4.98. The number of pyridine rings is 2. The molecule has 5 nitrogen and oxygen atoms in total. The third-order valence-electron chi connectivity index (χ3n) is 2.94. The lowest BCUT2D eigenvalue weighted by molar-refractivity contribution is 0.0690. The summed E-state index contributed by atoms with van der Waals surface area (Å²) in [6.45, 7) is 0. The second-order valence-electron chi connectivity index (χ2n) is 4.26. The summed E-state index contributed by atoms with van der Waals surface area (Å²) in [5, 5.41) is 14.2. The average Bonchev–Trinajstić information content (AvgIpc) is 2.48. The first-order chi connectivity index (χ1) is 9.74. The first-order valence-electron chi connectivity index (χ1n) is 6.03. The number of carboxylic acid groups (broad SMARTS) is 1. The Bertz CT molecular complexity index is 781. The summed E-state index contributed by atoms with van der Waals surface area (Å²) in [5.74, 6) is -1.05. The number of fused-ring (bicyclic) bond motifs is 1. The Hall–Kier alpha value is -2.95. The second-order valence-corrected chi connectivity index (χ2v) is 4.26. The molecule has 3 aromatic rings. The zero-order valence-corrected chi connectivity index (χ0v) is 10.4. The number of aromatic nitrogens is 2. The molecule has 3 rings (SSSR count). The number of benzene rings is 1. The van der Waals surface area contributed by atoms with Gasteiger partial charge in [-0.15, -0.1) is 0 Å². The molecule has 20 heavy (non-hydrogen) atoms. The largest absolute Gasteiger partial charge is 0.477 e. The molecule has 5 heteroatoms. The molecular formula is C15H11N3O2. The maximum absolute atomic E-state index is 10.9. The van der Waals surface area contributed by atoms with Crippen LogP contribution >= 0.6 is 0 Å². The van der Waals surface area contributed by atoms with E-state index in [2.05, 4.69) is 15.3 Å². The van der Waals surface area contributed by atoms with Gasteiger partial charge in [0.1, 0.15) is 5.69 Å². The zero-order chi connectivity index (χ0) is 13.9. The average molecular weight is 265 g/mol. The molecule has 2 N–H and O–H groups in total. The van der Waals surface area contributed by atoms with Crippen LogP contribution in [0.5, 0.6) is 0 Å². The molecule has 0 atom stereocenters. The summed E-state index contributed by atoms with van der Waals surface area (Å²) in [7, 11) is 0. The minimum Gasteiger partial charge on any atom is -0.477 e. The van der Waals surface area contributed by atoms with Crippen molar-refractivity contribution in [2.75, 3.05) is 5.32 Å². The molecule has 98 valence electrons. The predicted octanol–water partition coefficient (Wildman–Crippen LogP) is 3.07. The molecular weight excluding hydrogens is 254 g/mol. The third kappa shape index (κ3) is 2.29. The molecule has 0 amide bonds. The number of nitrogens with one attached hydrogen (secondary N) is 1. The molecule has 2 aromatic heterocycles. The van der Waals surface area contributed by atoms with Gasteiger partial charge in [0.15, 0.2) is 0 Å². The Morgan fingerprint density at radius 2 is 2.05 bits per heavy atom. The Morgan fingerprint density at radius 3 is 2.90 bits per heavy atom. The molecule has 0 fully saturated rings. The van der Waals surface area contributed by atoms with Crippen LogP contribution in [-0.4, -0.2) is 21.0 Å². The number of rotatable bonds is 3. The van der Waals surface area contributed by atoms with Crippen LogP contribution in [-0.2, 0) is 0 Å². The van der Waals surface area contributed by atoms with Crippen LogP contribution in [0.1, 0.15) is 10.5 Å². The summed E-state index contributed by atoms with van der Waals surface area (Å²) >= 11 is 0. The highest BCUT2D eigenvalue weighted by Crippen LogP contribution is 2.25. The highest BCUT2D eigenvalue weighted by Gasteiger charge is 2.06. The lowest BCUT2D eigenvalue weighted by Crippen LogP contribution is -2.01. The van der Waals surface area contributed by atoms with Crippen LogP contribution in [0.15, 0.2) is 55.0 Å². The van der Waals surface area contributed by atoms with E-state index in [1.807, 2.05) is 24.3 Å². The first kappa shape index (κ1) is 12.1. The van der Waals surface area contributed by atoms with Gasteiger partial charge in [0, 0.05) is 35.4 Å². The van der Waals surface area contributed by atoms with Crippen LogP contribution < -0.4 is 5.32 Å². The fourth-order valence-corrected chi connectivity index (χ4v) is 2.00. The number of carbonyl (C=O) groups is 1. The standard InChI is InChI=1S/C15H11N3O2/c19-15(20)14-8-11(5-7-17-14)18-13-3-1-2-10-4-6-16-9-12(10)13/h1-9H,(H,17,18)(H,19,20). The second kappa shape index (κ2) is 4.97. The number of nitrogens with zero attached hydrogens (tertiary/aromatic N) is 2. The number of carboxylic acids is 1. The molecule has 0 aliphatic rings. The van der Waals surface area contributed by atoms with E-state index < -0.39 is 5.97 Å². The van der Waals surface area contributed by atoms with Gasteiger partial charge in [0.25, 0.3) is 0 Å². The monoisotopic (exact) mass is 265 g/mol. The number of aromatic carboxylic acids is 1. The minimum atomic E-state index is -1.05. The Kier molecular flexibility index (Phi) is 3.01. The SMILES string of the molecule is O=C(O)c1cc(Nc2cccc3ccncc23)ccn1. The van der Waals surface area contributed by atoms with Crippen LogP contribution in [0.4, 0.5) is 11.4 Å². The Balaban J connectivity index is 2.01. The fraction of sp³-hybridized carbons (Fsp3) is 0. The van der Waals surface area contributed by atoms with Gasteiger partial charge in [-0.2, -0.15) is 0 Å². The van der Waals surface area contributed by atoms with Crippen molar-refractivity contribution in [1.82, 2.24) is 9.97 Å². The van der Waals surface area contributed by atoms with E-state index in [4.69, 9.17) is 5.11 Å². The van der Waals surface area contributed by atoms with Crippen molar-refractivity contribution in [2.45, 2.75) is 0 Å². The topological polar surface area (TPSA) is 75.1 Å². The van der Waals surface area contributed by atoms with Crippen LogP contribution in [0.3, 0.4) is 0 Å². The van der Waals surface area contributed by atoms with Gasteiger partial charge in [0.05, 0.1) is 0 Å². The molecule has 0 unspecified atom stereocenters. The van der Waals surface area contributed by atoms with E-state index in [9.17, 15) is 4.79 Å². The fourth-order valence-electron chi connectivity index (χ4n) is 2.00. The highest BCUT2D eigenvalue weighted by atomic mass is 16.4. The predicted molar refractivity (Wildman–Crippen MR) is 76.2 cm³/mol. The lowest BCUT2D eigenvalue weighted by Gasteiger charge is -2.09.